The second-order valence-electron chi connectivity index (χ2n) is 5.90. The Bertz CT molecular complexity index is 745. The first-order valence-corrected chi connectivity index (χ1v) is 7.62. The average molecular weight is 335 g/mol. The maximum Gasteiger partial charge on any atom is 0.223 e. The predicted molar refractivity (Wildman–Crippen MR) is 81.6 cm³/mol. The fourth-order valence-electron chi connectivity index (χ4n) is 2.83. The molecule has 126 valence electrons. The lowest BCUT2D eigenvalue weighted by molar-refractivity contribution is -0.122. The first kappa shape index (κ1) is 16.5. The van der Waals surface area contributed by atoms with Crippen LogP contribution in [0.4, 0.5) is 13.2 Å². The zero-order valence-corrected chi connectivity index (χ0v) is 12.7. The lowest BCUT2D eigenvalue weighted by Gasteiger charge is -2.12. The number of benzene rings is 2. The molecule has 1 aliphatic rings. The zero-order valence-electron chi connectivity index (χ0n) is 12.7. The number of nitrogens with one attached hydrogen (secondary N) is 1. The minimum absolute atomic E-state index is 0.0664. The third kappa shape index (κ3) is 3.43. The molecule has 0 bridgehead atoms. The maximum atomic E-state index is 13.7. The molecule has 2 aromatic carbocycles. The molecule has 1 amide bonds. The van der Waals surface area contributed by atoms with Gasteiger partial charge in [-0.2, -0.15) is 0 Å². The van der Waals surface area contributed by atoms with Crippen LogP contribution in [0.15, 0.2) is 42.5 Å². The summed E-state index contributed by atoms with van der Waals surface area (Å²) in [5.41, 5.74) is 0.283. The summed E-state index contributed by atoms with van der Waals surface area (Å²) >= 11 is 0. The Labute approximate surface area is 137 Å². The van der Waals surface area contributed by atoms with Crippen molar-refractivity contribution in [3.05, 3.63) is 71.0 Å². The molecule has 6 heteroatoms. The van der Waals surface area contributed by atoms with Crippen molar-refractivity contribution in [2.24, 2.45) is 5.92 Å². The van der Waals surface area contributed by atoms with E-state index in [2.05, 4.69) is 5.32 Å². The van der Waals surface area contributed by atoms with Gasteiger partial charge >= 0.3 is 0 Å². The molecule has 0 spiro atoms. The van der Waals surface area contributed by atoms with Crippen molar-refractivity contribution in [2.45, 2.75) is 18.4 Å². The van der Waals surface area contributed by atoms with Crippen LogP contribution in [0.3, 0.4) is 0 Å². The standard InChI is InChI=1S/C18H16F3NO2/c19-11-4-1-3-10(7-11)16(23)9-22-18(24)13-8-12(13)17-14(20)5-2-6-15(17)21/h1-7,12-13,16,23H,8-9H2,(H,22,24)/t12-,13-,16-/m0/s1. The van der Waals surface area contributed by atoms with Gasteiger partial charge in [0, 0.05) is 23.9 Å². The smallest absolute Gasteiger partial charge is 0.223 e. The highest BCUT2D eigenvalue weighted by Gasteiger charge is 2.46. The minimum Gasteiger partial charge on any atom is -0.387 e. The van der Waals surface area contributed by atoms with Gasteiger partial charge in [-0.1, -0.05) is 18.2 Å². The van der Waals surface area contributed by atoms with Crippen LogP contribution in [0.1, 0.15) is 29.6 Å². The van der Waals surface area contributed by atoms with E-state index in [1.807, 2.05) is 0 Å². The van der Waals surface area contributed by atoms with E-state index in [-0.39, 0.29) is 18.0 Å². The topological polar surface area (TPSA) is 49.3 Å². The summed E-state index contributed by atoms with van der Waals surface area (Å²) in [5.74, 6) is -3.17. The molecule has 2 aromatic rings. The van der Waals surface area contributed by atoms with Crippen LogP contribution in [0, 0.1) is 23.4 Å². The van der Waals surface area contributed by atoms with Crippen LogP contribution in [-0.2, 0) is 4.79 Å². The highest BCUT2D eigenvalue weighted by molar-refractivity contribution is 5.83. The lowest BCUT2D eigenvalue weighted by atomic mass is 10.1. The second-order valence-corrected chi connectivity index (χ2v) is 5.90. The van der Waals surface area contributed by atoms with Crippen molar-refractivity contribution in [1.29, 1.82) is 0 Å². The molecule has 0 unspecified atom stereocenters. The lowest BCUT2D eigenvalue weighted by Crippen LogP contribution is -2.30. The molecule has 2 N–H and O–H groups in total. The van der Waals surface area contributed by atoms with Gasteiger partial charge in [-0.15, -0.1) is 0 Å². The number of carbonyl (C=O) groups excluding carboxylic acids is 1. The normalized spacial score (nSPS) is 20.5. The van der Waals surface area contributed by atoms with Crippen molar-refractivity contribution >= 4 is 5.91 Å². The fourth-order valence-corrected chi connectivity index (χ4v) is 2.83. The van der Waals surface area contributed by atoms with Gasteiger partial charge in [0.15, 0.2) is 0 Å². The molecule has 0 heterocycles. The Morgan fingerprint density at radius 1 is 1.17 bits per heavy atom. The molecule has 0 aliphatic heterocycles. The molecular formula is C18H16F3NO2. The van der Waals surface area contributed by atoms with Gasteiger partial charge in [-0.3, -0.25) is 4.79 Å². The fraction of sp³-hybridized carbons (Fsp3) is 0.278. The quantitative estimate of drug-likeness (QED) is 0.882. The Kier molecular flexibility index (Phi) is 4.57. The third-order valence-corrected chi connectivity index (χ3v) is 4.20. The largest absolute Gasteiger partial charge is 0.387 e. The minimum atomic E-state index is -1.05. The first-order valence-electron chi connectivity index (χ1n) is 7.62. The van der Waals surface area contributed by atoms with E-state index in [1.165, 1.54) is 36.4 Å². The first-order chi connectivity index (χ1) is 11.5. The molecule has 24 heavy (non-hydrogen) atoms. The van der Waals surface area contributed by atoms with Crippen molar-refractivity contribution < 1.29 is 23.1 Å². The highest BCUT2D eigenvalue weighted by Crippen LogP contribution is 2.49. The van der Waals surface area contributed by atoms with Gasteiger partial charge in [-0.05, 0) is 36.2 Å². The molecule has 3 atom stereocenters. The van der Waals surface area contributed by atoms with Crippen LogP contribution >= 0.6 is 0 Å². The molecule has 0 aromatic heterocycles. The van der Waals surface area contributed by atoms with E-state index in [0.717, 1.165) is 0 Å². The van der Waals surface area contributed by atoms with E-state index >= 15 is 0 Å². The maximum absolute atomic E-state index is 13.7. The molecular weight excluding hydrogens is 319 g/mol. The summed E-state index contributed by atoms with van der Waals surface area (Å²) < 4.78 is 40.5. The van der Waals surface area contributed by atoms with Gasteiger partial charge in [0.2, 0.25) is 5.91 Å². The van der Waals surface area contributed by atoms with Gasteiger partial charge in [0.05, 0.1) is 6.10 Å². The number of halogens is 3. The van der Waals surface area contributed by atoms with Crippen LogP contribution < -0.4 is 5.32 Å². The molecule has 3 nitrogen and oxygen atoms in total. The van der Waals surface area contributed by atoms with E-state index in [9.17, 15) is 23.1 Å². The SMILES string of the molecule is O=C(NC[C@H](O)c1cccc(F)c1)[C@H]1C[C@@H]1c1c(F)cccc1F. The Balaban J connectivity index is 1.57. The summed E-state index contributed by atoms with van der Waals surface area (Å²) in [7, 11) is 0. The summed E-state index contributed by atoms with van der Waals surface area (Å²) in [6.45, 7) is -0.0920. The molecule has 0 radical (unpaired) electrons. The predicted octanol–water partition coefficient (Wildman–Crippen LogP) is 3.06. The van der Waals surface area contributed by atoms with Crippen LogP contribution in [0.2, 0.25) is 0 Å². The van der Waals surface area contributed by atoms with Crippen LogP contribution in [0.25, 0.3) is 0 Å². The summed E-state index contributed by atoms with van der Waals surface area (Å²) in [5, 5.41) is 12.5. The van der Waals surface area contributed by atoms with Crippen LogP contribution in [-0.4, -0.2) is 17.6 Å². The van der Waals surface area contributed by atoms with Crippen molar-refractivity contribution in [1.82, 2.24) is 5.32 Å². The van der Waals surface area contributed by atoms with E-state index in [0.29, 0.717) is 12.0 Å². The Morgan fingerprint density at radius 3 is 2.50 bits per heavy atom. The van der Waals surface area contributed by atoms with Crippen molar-refractivity contribution in [3.8, 4) is 0 Å². The monoisotopic (exact) mass is 335 g/mol. The number of rotatable bonds is 5. The summed E-state index contributed by atoms with van der Waals surface area (Å²) in [6.07, 6.45) is -0.688. The van der Waals surface area contributed by atoms with Gasteiger partial charge < -0.3 is 10.4 Å². The number of hydrogen-bond acceptors (Lipinski definition) is 2. The van der Waals surface area contributed by atoms with Gasteiger partial charge in [0.1, 0.15) is 17.5 Å². The number of aliphatic hydroxyl groups excluding tert-OH is 1. The van der Waals surface area contributed by atoms with E-state index in [4.69, 9.17) is 0 Å². The summed E-state index contributed by atoms with van der Waals surface area (Å²) in [4.78, 5) is 12.1. The number of hydrogen-bond donors (Lipinski definition) is 2. The highest BCUT2D eigenvalue weighted by atomic mass is 19.1. The van der Waals surface area contributed by atoms with E-state index in [1.54, 1.807) is 6.07 Å². The third-order valence-electron chi connectivity index (χ3n) is 4.20. The number of carbonyl (C=O) groups is 1. The van der Waals surface area contributed by atoms with Gasteiger partial charge in [-0.25, -0.2) is 13.2 Å². The Hall–Kier alpha value is -2.34. The molecule has 3 rings (SSSR count). The van der Waals surface area contributed by atoms with Crippen molar-refractivity contribution in [2.75, 3.05) is 6.54 Å². The Morgan fingerprint density at radius 2 is 1.83 bits per heavy atom. The number of amides is 1. The molecule has 1 saturated carbocycles. The average Bonchev–Trinajstić information content (AvgIpc) is 3.32. The van der Waals surface area contributed by atoms with Gasteiger partial charge in [0.25, 0.3) is 0 Å². The zero-order chi connectivity index (χ0) is 17.3. The van der Waals surface area contributed by atoms with E-state index < -0.39 is 35.4 Å². The second kappa shape index (κ2) is 6.65. The molecule has 1 fully saturated rings. The van der Waals surface area contributed by atoms with Crippen LogP contribution in [0.5, 0.6) is 0 Å². The number of aliphatic hydroxyl groups is 1. The summed E-state index contributed by atoms with van der Waals surface area (Å²) in [6, 6.07) is 9.07. The van der Waals surface area contributed by atoms with Crippen molar-refractivity contribution in [3.63, 3.8) is 0 Å². The molecule has 1 aliphatic carbocycles. The molecule has 0 saturated heterocycles.